The normalized spacial score (nSPS) is 12.2. The van der Waals surface area contributed by atoms with E-state index < -0.39 is 15.1 Å². The van der Waals surface area contributed by atoms with Gasteiger partial charge >= 0.3 is 0 Å². The maximum Gasteiger partial charge on any atom is 0.233 e. The van der Waals surface area contributed by atoms with Crippen molar-refractivity contribution in [3.63, 3.8) is 0 Å². The first-order valence-electron chi connectivity index (χ1n) is 6.90. The van der Waals surface area contributed by atoms with E-state index in [0.717, 1.165) is 16.9 Å². The SMILES string of the molecule is Cc1ccc2c(=O)c(-c3nnc(S(=O)(=O)C(C)C)s3)coc2c1. The topological polar surface area (TPSA) is 90.1 Å². The first kappa shape index (κ1) is 15.8. The zero-order chi connectivity index (χ0) is 16.8. The van der Waals surface area contributed by atoms with Crippen molar-refractivity contribution in [1.82, 2.24) is 10.2 Å². The molecule has 2 heterocycles. The Kier molecular flexibility index (Phi) is 3.81. The number of rotatable bonds is 3. The van der Waals surface area contributed by atoms with Crippen molar-refractivity contribution in [2.75, 3.05) is 0 Å². The lowest BCUT2D eigenvalue weighted by Gasteiger charge is -2.01. The number of sulfone groups is 1. The highest BCUT2D eigenvalue weighted by atomic mass is 32.2. The highest BCUT2D eigenvalue weighted by molar-refractivity contribution is 7.93. The second-order valence-electron chi connectivity index (χ2n) is 5.45. The van der Waals surface area contributed by atoms with Gasteiger partial charge in [0.25, 0.3) is 0 Å². The summed E-state index contributed by atoms with van der Waals surface area (Å²) in [6, 6.07) is 5.28. The van der Waals surface area contributed by atoms with E-state index in [-0.39, 0.29) is 20.3 Å². The maximum atomic E-state index is 12.6. The van der Waals surface area contributed by atoms with Crippen LogP contribution in [0.25, 0.3) is 21.5 Å². The van der Waals surface area contributed by atoms with Gasteiger partial charge in [-0.25, -0.2) is 8.42 Å². The van der Waals surface area contributed by atoms with Crippen LogP contribution >= 0.6 is 11.3 Å². The molecule has 0 saturated heterocycles. The molecule has 6 nitrogen and oxygen atoms in total. The summed E-state index contributed by atoms with van der Waals surface area (Å²) >= 11 is 0.877. The molecule has 1 aromatic carbocycles. The molecule has 0 aliphatic carbocycles. The van der Waals surface area contributed by atoms with E-state index in [1.807, 2.05) is 13.0 Å². The minimum absolute atomic E-state index is 0.0918. The van der Waals surface area contributed by atoms with Gasteiger partial charge in [0.2, 0.25) is 19.6 Å². The molecule has 0 saturated carbocycles. The van der Waals surface area contributed by atoms with E-state index in [2.05, 4.69) is 10.2 Å². The monoisotopic (exact) mass is 350 g/mol. The lowest BCUT2D eigenvalue weighted by Crippen LogP contribution is -2.13. The van der Waals surface area contributed by atoms with Crippen LogP contribution in [-0.4, -0.2) is 23.9 Å². The van der Waals surface area contributed by atoms with Crippen LogP contribution in [0.1, 0.15) is 19.4 Å². The number of fused-ring (bicyclic) bond motifs is 1. The predicted molar refractivity (Wildman–Crippen MR) is 88.4 cm³/mol. The third-order valence-corrected chi connectivity index (χ3v) is 6.94. The summed E-state index contributed by atoms with van der Waals surface area (Å²) in [5, 5.41) is 7.64. The summed E-state index contributed by atoms with van der Waals surface area (Å²) in [7, 11) is -3.51. The third-order valence-electron chi connectivity index (χ3n) is 3.43. The Morgan fingerprint density at radius 2 is 1.96 bits per heavy atom. The lowest BCUT2D eigenvalue weighted by molar-refractivity contribution is 0.585. The number of nitrogens with zero attached hydrogens (tertiary/aromatic N) is 2. The number of hydrogen-bond donors (Lipinski definition) is 0. The van der Waals surface area contributed by atoms with Crippen molar-refractivity contribution in [2.45, 2.75) is 30.4 Å². The van der Waals surface area contributed by atoms with Crippen molar-refractivity contribution in [2.24, 2.45) is 0 Å². The molecule has 3 aromatic rings. The van der Waals surface area contributed by atoms with Crippen LogP contribution in [-0.2, 0) is 9.84 Å². The fourth-order valence-corrected chi connectivity index (χ4v) is 4.43. The maximum absolute atomic E-state index is 12.6. The molecular weight excluding hydrogens is 336 g/mol. The van der Waals surface area contributed by atoms with Crippen LogP contribution in [0.2, 0.25) is 0 Å². The Hall–Kier alpha value is -2.06. The molecule has 0 radical (unpaired) electrons. The van der Waals surface area contributed by atoms with Gasteiger partial charge in [-0.15, -0.1) is 10.2 Å². The molecule has 0 spiro atoms. The molecule has 0 unspecified atom stereocenters. The molecule has 3 rings (SSSR count). The molecule has 0 fully saturated rings. The van der Waals surface area contributed by atoms with Gasteiger partial charge in [-0.05, 0) is 38.5 Å². The molecule has 120 valence electrons. The third kappa shape index (κ3) is 2.68. The van der Waals surface area contributed by atoms with E-state index >= 15 is 0 Å². The van der Waals surface area contributed by atoms with Crippen LogP contribution in [0.5, 0.6) is 0 Å². The average Bonchev–Trinajstić information content (AvgIpc) is 2.97. The standard InChI is InChI=1S/C15H14N2O4S2/c1-8(2)23(19,20)15-17-16-14(22-15)11-7-21-12-6-9(3)4-5-10(12)13(11)18/h4-8H,1-3H3. The lowest BCUT2D eigenvalue weighted by atomic mass is 10.1. The van der Waals surface area contributed by atoms with Crippen molar-refractivity contribution < 1.29 is 12.8 Å². The van der Waals surface area contributed by atoms with E-state index in [9.17, 15) is 13.2 Å². The fourth-order valence-electron chi connectivity index (χ4n) is 2.02. The second-order valence-corrected chi connectivity index (χ2v) is 9.10. The smallest absolute Gasteiger partial charge is 0.233 e. The average molecular weight is 350 g/mol. The Balaban J connectivity index is 2.15. The minimum atomic E-state index is -3.51. The summed E-state index contributed by atoms with van der Waals surface area (Å²) in [6.45, 7) is 5.05. The van der Waals surface area contributed by atoms with Crippen LogP contribution in [0.15, 0.2) is 38.0 Å². The van der Waals surface area contributed by atoms with Crippen LogP contribution in [0, 0.1) is 6.92 Å². The number of benzene rings is 1. The first-order valence-corrected chi connectivity index (χ1v) is 9.27. The van der Waals surface area contributed by atoms with E-state index in [4.69, 9.17) is 4.42 Å². The first-order chi connectivity index (χ1) is 10.8. The Bertz CT molecular complexity index is 1050. The van der Waals surface area contributed by atoms with Crippen LogP contribution < -0.4 is 5.43 Å². The molecule has 0 amide bonds. The number of aromatic nitrogens is 2. The molecule has 0 aliphatic heterocycles. The van der Waals surface area contributed by atoms with Crippen LogP contribution in [0.4, 0.5) is 0 Å². The number of aryl methyl sites for hydroxylation is 1. The second kappa shape index (κ2) is 5.54. The molecule has 0 atom stereocenters. The van der Waals surface area contributed by atoms with Gasteiger partial charge in [-0.2, -0.15) is 0 Å². The molecule has 23 heavy (non-hydrogen) atoms. The Morgan fingerprint density at radius 1 is 1.22 bits per heavy atom. The molecule has 8 heteroatoms. The summed E-state index contributed by atoms with van der Waals surface area (Å²) in [4.78, 5) is 12.6. The fraction of sp³-hybridized carbons (Fsp3) is 0.267. The summed E-state index contributed by atoms with van der Waals surface area (Å²) in [6.07, 6.45) is 1.30. The molecule has 0 bridgehead atoms. The molecule has 0 aliphatic rings. The van der Waals surface area contributed by atoms with Gasteiger partial charge in [0.15, 0.2) is 5.01 Å². The predicted octanol–water partition coefficient (Wildman–Crippen LogP) is 2.80. The van der Waals surface area contributed by atoms with Gasteiger partial charge in [-0.1, -0.05) is 17.4 Å². The summed E-state index contributed by atoms with van der Waals surface area (Å²) < 4.78 is 29.6. The molecular formula is C15H14N2O4S2. The van der Waals surface area contributed by atoms with Gasteiger partial charge in [-0.3, -0.25) is 4.79 Å². The van der Waals surface area contributed by atoms with E-state index in [1.165, 1.54) is 6.26 Å². The quantitative estimate of drug-likeness (QED) is 0.721. The van der Waals surface area contributed by atoms with E-state index in [0.29, 0.717) is 11.0 Å². The van der Waals surface area contributed by atoms with E-state index in [1.54, 1.807) is 26.0 Å². The minimum Gasteiger partial charge on any atom is -0.463 e. The van der Waals surface area contributed by atoms with Crippen molar-refractivity contribution in [3.05, 3.63) is 40.2 Å². The Labute approximate surface area is 136 Å². The summed E-state index contributed by atoms with van der Waals surface area (Å²) in [5.74, 6) is 0. The highest BCUT2D eigenvalue weighted by Crippen LogP contribution is 2.27. The van der Waals surface area contributed by atoms with Crippen molar-refractivity contribution >= 4 is 32.1 Å². The highest BCUT2D eigenvalue weighted by Gasteiger charge is 2.25. The van der Waals surface area contributed by atoms with Gasteiger partial charge in [0.05, 0.1) is 16.2 Å². The van der Waals surface area contributed by atoms with Gasteiger partial charge in [0.1, 0.15) is 11.8 Å². The number of hydrogen-bond acceptors (Lipinski definition) is 7. The zero-order valence-electron chi connectivity index (χ0n) is 12.7. The largest absolute Gasteiger partial charge is 0.463 e. The van der Waals surface area contributed by atoms with Crippen molar-refractivity contribution in [3.8, 4) is 10.6 Å². The molecule has 0 N–H and O–H groups in total. The van der Waals surface area contributed by atoms with Crippen molar-refractivity contribution in [1.29, 1.82) is 0 Å². The van der Waals surface area contributed by atoms with Gasteiger partial charge in [0, 0.05) is 0 Å². The van der Waals surface area contributed by atoms with Crippen LogP contribution in [0.3, 0.4) is 0 Å². The zero-order valence-corrected chi connectivity index (χ0v) is 14.4. The summed E-state index contributed by atoms with van der Waals surface area (Å²) in [5.41, 5.74) is 1.42. The molecule has 2 aromatic heterocycles. The van der Waals surface area contributed by atoms with Gasteiger partial charge < -0.3 is 4.42 Å². The Morgan fingerprint density at radius 3 is 2.65 bits per heavy atom.